The van der Waals surface area contributed by atoms with Gasteiger partial charge in [-0.1, -0.05) is 55.3 Å². The predicted octanol–water partition coefficient (Wildman–Crippen LogP) is 5.51. The van der Waals surface area contributed by atoms with E-state index in [1.54, 1.807) is 23.1 Å². The van der Waals surface area contributed by atoms with E-state index in [0.29, 0.717) is 28.2 Å². The summed E-state index contributed by atoms with van der Waals surface area (Å²) in [4.78, 5) is 27.7. The summed E-state index contributed by atoms with van der Waals surface area (Å²) in [5.41, 5.74) is 2.10. The van der Waals surface area contributed by atoms with Crippen LogP contribution in [0.15, 0.2) is 46.9 Å². The van der Waals surface area contributed by atoms with Gasteiger partial charge in [0.1, 0.15) is 11.8 Å². The number of nitrogens with one attached hydrogen (secondary N) is 1. The van der Waals surface area contributed by atoms with Crippen molar-refractivity contribution in [2.75, 3.05) is 6.61 Å². The van der Waals surface area contributed by atoms with Crippen molar-refractivity contribution in [2.24, 2.45) is 0 Å². The van der Waals surface area contributed by atoms with Gasteiger partial charge in [0.05, 0.1) is 4.47 Å². The van der Waals surface area contributed by atoms with Gasteiger partial charge in [0.25, 0.3) is 5.91 Å². The van der Waals surface area contributed by atoms with E-state index in [9.17, 15) is 9.59 Å². The smallest absolute Gasteiger partial charge is 0.261 e. The van der Waals surface area contributed by atoms with E-state index >= 15 is 0 Å². The van der Waals surface area contributed by atoms with Gasteiger partial charge < -0.3 is 15.0 Å². The van der Waals surface area contributed by atoms with E-state index in [2.05, 4.69) is 21.2 Å². The molecule has 2 aromatic rings. The molecule has 1 N–H and O–H groups in total. The summed E-state index contributed by atoms with van der Waals surface area (Å²) in [6.45, 7) is 8.04. The Morgan fingerprint density at radius 2 is 1.81 bits per heavy atom. The number of nitrogens with zero attached hydrogens (tertiary/aromatic N) is 1. The van der Waals surface area contributed by atoms with Crippen molar-refractivity contribution in [2.45, 2.75) is 59.2 Å². The zero-order valence-electron chi connectivity index (χ0n) is 18.5. The van der Waals surface area contributed by atoms with Crippen LogP contribution in [0, 0.1) is 6.92 Å². The first-order valence-corrected chi connectivity index (χ1v) is 11.6. The third-order valence-electron chi connectivity index (χ3n) is 5.11. The highest BCUT2D eigenvalue weighted by atomic mass is 79.9. The van der Waals surface area contributed by atoms with Crippen LogP contribution in [-0.4, -0.2) is 35.4 Å². The van der Waals surface area contributed by atoms with E-state index in [1.807, 2.05) is 52.0 Å². The van der Waals surface area contributed by atoms with E-state index in [0.717, 1.165) is 17.5 Å². The van der Waals surface area contributed by atoms with Crippen LogP contribution in [0.1, 0.15) is 44.7 Å². The number of ether oxygens (including phenoxy) is 1. The molecule has 0 radical (unpaired) electrons. The Morgan fingerprint density at radius 1 is 1.13 bits per heavy atom. The lowest BCUT2D eigenvalue weighted by Crippen LogP contribution is -2.51. The standard InChI is InChI=1S/C24H30BrClN2O3/c1-5-17(4)27-24(30)21(6-2)28(14-18-9-7-16(3)8-10-18)23(29)15-31-22-12-11-19(26)13-20(22)25/h7-13,17,21H,5-6,14-15H2,1-4H3,(H,27,30)/t17-,21+/m0/s1. The maximum absolute atomic E-state index is 13.2. The molecule has 0 aliphatic rings. The Balaban J connectivity index is 2.22. The summed E-state index contributed by atoms with van der Waals surface area (Å²) in [6.07, 6.45) is 1.33. The van der Waals surface area contributed by atoms with Gasteiger partial charge in [-0.2, -0.15) is 0 Å². The zero-order chi connectivity index (χ0) is 23.0. The third-order valence-corrected chi connectivity index (χ3v) is 5.96. The minimum absolute atomic E-state index is 0.0409. The fraction of sp³-hybridized carbons (Fsp3) is 0.417. The fourth-order valence-electron chi connectivity index (χ4n) is 3.07. The molecule has 0 saturated carbocycles. The average molecular weight is 510 g/mol. The van der Waals surface area contributed by atoms with Crippen LogP contribution in [0.5, 0.6) is 5.75 Å². The lowest BCUT2D eigenvalue weighted by Gasteiger charge is -2.31. The maximum atomic E-state index is 13.2. The molecule has 168 valence electrons. The predicted molar refractivity (Wildman–Crippen MR) is 128 cm³/mol. The first-order chi connectivity index (χ1) is 14.7. The summed E-state index contributed by atoms with van der Waals surface area (Å²) in [7, 11) is 0. The second kappa shape index (κ2) is 12.1. The van der Waals surface area contributed by atoms with E-state index < -0.39 is 6.04 Å². The topological polar surface area (TPSA) is 58.6 Å². The molecule has 0 heterocycles. The van der Waals surface area contributed by atoms with Crippen LogP contribution >= 0.6 is 27.5 Å². The molecule has 2 amide bonds. The van der Waals surface area contributed by atoms with Gasteiger partial charge >= 0.3 is 0 Å². The van der Waals surface area contributed by atoms with Crippen LogP contribution in [0.4, 0.5) is 0 Å². The number of hydrogen-bond donors (Lipinski definition) is 1. The molecule has 0 aromatic heterocycles. The number of hydrogen-bond acceptors (Lipinski definition) is 3. The van der Waals surface area contributed by atoms with E-state index in [-0.39, 0.29) is 24.5 Å². The Bertz CT molecular complexity index is 889. The number of carbonyl (C=O) groups excluding carboxylic acids is 2. The molecule has 31 heavy (non-hydrogen) atoms. The van der Waals surface area contributed by atoms with Crippen LogP contribution in [0.25, 0.3) is 0 Å². The maximum Gasteiger partial charge on any atom is 0.261 e. The minimum atomic E-state index is -0.583. The van der Waals surface area contributed by atoms with Crippen molar-refractivity contribution in [1.29, 1.82) is 0 Å². The zero-order valence-corrected chi connectivity index (χ0v) is 20.8. The molecule has 0 aliphatic heterocycles. The quantitative estimate of drug-likeness (QED) is 0.459. The summed E-state index contributed by atoms with van der Waals surface area (Å²) < 4.78 is 6.41. The minimum Gasteiger partial charge on any atom is -0.483 e. The van der Waals surface area contributed by atoms with Gasteiger partial charge in [0.2, 0.25) is 5.91 Å². The second-order valence-corrected chi connectivity index (χ2v) is 8.90. The molecular weight excluding hydrogens is 480 g/mol. The lowest BCUT2D eigenvalue weighted by molar-refractivity contribution is -0.143. The van der Waals surface area contributed by atoms with Crippen LogP contribution in [-0.2, 0) is 16.1 Å². The second-order valence-electron chi connectivity index (χ2n) is 7.61. The number of halogens is 2. The van der Waals surface area contributed by atoms with Gasteiger partial charge in [-0.3, -0.25) is 9.59 Å². The fourth-order valence-corrected chi connectivity index (χ4v) is 3.86. The summed E-state index contributed by atoms with van der Waals surface area (Å²) >= 11 is 9.37. The first kappa shape index (κ1) is 25.2. The van der Waals surface area contributed by atoms with Gasteiger partial charge in [0, 0.05) is 17.6 Å². The Labute approximate surface area is 198 Å². The van der Waals surface area contributed by atoms with Crippen molar-refractivity contribution in [3.8, 4) is 5.75 Å². The van der Waals surface area contributed by atoms with Crippen LogP contribution < -0.4 is 10.1 Å². The van der Waals surface area contributed by atoms with Crippen molar-refractivity contribution in [3.05, 3.63) is 63.1 Å². The number of carbonyl (C=O) groups is 2. The highest BCUT2D eigenvalue weighted by Gasteiger charge is 2.29. The van der Waals surface area contributed by atoms with Gasteiger partial charge in [0.15, 0.2) is 6.61 Å². The highest BCUT2D eigenvalue weighted by molar-refractivity contribution is 9.10. The molecule has 0 unspecified atom stereocenters. The normalized spacial score (nSPS) is 12.7. The van der Waals surface area contributed by atoms with Crippen molar-refractivity contribution >= 4 is 39.3 Å². The molecule has 0 aliphatic carbocycles. The molecule has 0 saturated heterocycles. The molecule has 0 spiro atoms. The largest absolute Gasteiger partial charge is 0.483 e. The van der Waals surface area contributed by atoms with Crippen LogP contribution in [0.2, 0.25) is 5.02 Å². The molecule has 2 atom stereocenters. The number of amides is 2. The SMILES string of the molecule is CC[C@H](C(=O)N[C@@H](C)CC)N(Cc1ccc(C)cc1)C(=O)COc1ccc(Cl)cc1Br. The Kier molecular flexibility index (Phi) is 9.85. The summed E-state index contributed by atoms with van der Waals surface area (Å²) in [6, 6.07) is 12.5. The Hall–Kier alpha value is -2.05. The average Bonchev–Trinajstić information content (AvgIpc) is 2.74. The molecule has 7 heteroatoms. The van der Waals surface area contributed by atoms with Gasteiger partial charge in [-0.15, -0.1) is 0 Å². The first-order valence-electron chi connectivity index (χ1n) is 10.5. The van der Waals surface area contributed by atoms with Crippen molar-refractivity contribution in [1.82, 2.24) is 10.2 Å². The van der Waals surface area contributed by atoms with Crippen LogP contribution in [0.3, 0.4) is 0 Å². The highest BCUT2D eigenvalue weighted by Crippen LogP contribution is 2.28. The van der Waals surface area contributed by atoms with Gasteiger partial charge in [-0.25, -0.2) is 0 Å². The van der Waals surface area contributed by atoms with E-state index in [1.165, 1.54) is 0 Å². The van der Waals surface area contributed by atoms with Gasteiger partial charge in [-0.05, 0) is 66.4 Å². The number of rotatable bonds is 10. The Morgan fingerprint density at radius 3 is 2.39 bits per heavy atom. The molecule has 0 fully saturated rings. The monoisotopic (exact) mass is 508 g/mol. The van der Waals surface area contributed by atoms with Crippen molar-refractivity contribution in [3.63, 3.8) is 0 Å². The molecular formula is C24H30BrClN2O3. The summed E-state index contributed by atoms with van der Waals surface area (Å²) in [5, 5.41) is 3.57. The number of benzene rings is 2. The third kappa shape index (κ3) is 7.54. The molecule has 2 aromatic carbocycles. The molecule has 2 rings (SSSR count). The lowest BCUT2D eigenvalue weighted by atomic mass is 10.1. The van der Waals surface area contributed by atoms with E-state index in [4.69, 9.17) is 16.3 Å². The molecule has 0 bridgehead atoms. The molecule has 5 nitrogen and oxygen atoms in total. The number of aryl methyl sites for hydroxylation is 1. The summed E-state index contributed by atoms with van der Waals surface area (Å²) in [5.74, 6) is 0.115. The van der Waals surface area contributed by atoms with Crippen molar-refractivity contribution < 1.29 is 14.3 Å².